The van der Waals surface area contributed by atoms with Gasteiger partial charge in [0.25, 0.3) is 0 Å². The molecule has 0 bridgehead atoms. The van der Waals surface area contributed by atoms with E-state index in [-0.39, 0.29) is 6.54 Å². The average molecular weight is 187 g/mol. The maximum Gasteiger partial charge on any atom is 0.409 e. The summed E-state index contributed by atoms with van der Waals surface area (Å²) in [5, 5.41) is 0. The third-order valence-corrected chi connectivity index (χ3v) is 1.84. The summed E-state index contributed by atoms with van der Waals surface area (Å²) < 4.78 is 4.75. The molecule has 6 nitrogen and oxygen atoms in total. The predicted molar refractivity (Wildman–Crippen MR) is 44.7 cm³/mol. The van der Waals surface area contributed by atoms with Crippen molar-refractivity contribution < 1.29 is 14.3 Å². The van der Waals surface area contributed by atoms with Gasteiger partial charge in [-0.05, 0) is 6.42 Å². The summed E-state index contributed by atoms with van der Waals surface area (Å²) in [6, 6.07) is -0.814. The number of carbonyl (C=O) groups excluding carboxylic acids is 2. The van der Waals surface area contributed by atoms with Crippen LogP contribution < -0.4 is 11.5 Å². The molecule has 0 aromatic carbocycles. The zero-order chi connectivity index (χ0) is 9.84. The first-order chi connectivity index (χ1) is 6.11. The van der Waals surface area contributed by atoms with E-state index in [2.05, 4.69) is 0 Å². The van der Waals surface area contributed by atoms with Crippen LogP contribution in [0.15, 0.2) is 0 Å². The lowest BCUT2D eigenvalue weighted by Crippen LogP contribution is -2.49. The van der Waals surface area contributed by atoms with Crippen LogP contribution in [0.25, 0.3) is 0 Å². The maximum atomic E-state index is 11.0. The van der Waals surface area contributed by atoms with Crippen LogP contribution in [0.4, 0.5) is 4.79 Å². The van der Waals surface area contributed by atoms with Gasteiger partial charge in [0, 0.05) is 13.1 Å². The van der Waals surface area contributed by atoms with Gasteiger partial charge in [0.15, 0.2) is 0 Å². The molecule has 2 amide bonds. The Bertz CT molecular complexity index is 219. The van der Waals surface area contributed by atoms with Crippen LogP contribution in [0, 0.1) is 0 Å². The Morgan fingerprint density at radius 2 is 2.38 bits per heavy atom. The Labute approximate surface area is 75.8 Å². The zero-order valence-corrected chi connectivity index (χ0v) is 7.23. The predicted octanol–water partition coefficient (Wildman–Crippen LogP) is -1.36. The highest BCUT2D eigenvalue weighted by Crippen LogP contribution is 2.04. The second-order valence-corrected chi connectivity index (χ2v) is 2.92. The van der Waals surface area contributed by atoms with Crippen molar-refractivity contribution in [2.75, 3.05) is 19.7 Å². The minimum atomic E-state index is -0.814. The Morgan fingerprint density at radius 3 is 2.92 bits per heavy atom. The molecule has 6 heteroatoms. The lowest BCUT2D eigenvalue weighted by atomic mass is 10.2. The maximum absolute atomic E-state index is 11.0. The summed E-state index contributed by atoms with van der Waals surface area (Å²) in [6.45, 7) is 1.13. The molecule has 0 aromatic rings. The number of amides is 2. The largest absolute Gasteiger partial charge is 0.449 e. The number of carbonyl (C=O) groups is 2. The minimum Gasteiger partial charge on any atom is -0.449 e. The van der Waals surface area contributed by atoms with Crippen molar-refractivity contribution in [3.63, 3.8) is 0 Å². The molecule has 1 aliphatic heterocycles. The number of primary amides is 1. The first-order valence-corrected chi connectivity index (χ1v) is 4.08. The normalized spacial score (nSPS) is 19.5. The highest BCUT2D eigenvalue weighted by atomic mass is 16.6. The highest BCUT2D eigenvalue weighted by molar-refractivity contribution is 5.80. The van der Waals surface area contributed by atoms with Gasteiger partial charge >= 0.3 is 6.09 Å². The standard InChI is InChI=1S/C7H13N3O3/c8-5(6(9)11)4-10-2-1-3-13-7(10)12/h5H,1-4,8H2,(H2,9,11). The molecule has 1 aliphatic rings. The molecule has 0 aromatic heterocycles. The molecule has 1 heterocycles. The molecule has 1 saturated heterocycles. The molecule has 0 aliphatic carbocycles. The van der Waals surface area contributed by atoms with Gasteiger partial charge in [-0.1, -0.05) is 0 Å². The average Bonchev–Trinajstić information content (AvgIpc) is 2.08. The number of ether oxygens (including phenoxy) is 1. The summed E-state index contributed by atoms with van der Waals surface area (Å²) >= 11 is 0. The van der Waals surface area contributed by atoms with Crippen LogP contribution in [0.3, 0.4) is 0 Å². The fourth-order valence-electron chi connectivity index (χ4n) is 1.09. The Balaban J connectivity index is 2.42. The second-order valence-electron chi connectivity index (χ2n) is 2.92. The molecule has 1 fully saturated rings. The first kappa shape index (κ1) is 9.79. The number of cyclic esters (lactones) is 1. The lowest BCUT2D eigenvalue weighted by molar-refractivity contribution is -0.119. The van der Waals surface area contributed by atoms with E-state index < -0.39 is 18.0 Å². The van der Waals surface area contributed by atoms with E-state index in [0.29, 0.717) is 13.2 Å². The molecule has 74 valence electrons. The summed E-state index contributed by atoms with van der Waals surface area (Å²) in [7, 11) is 0. The first-order valence-electron chi connectivity index (χ1n) is 4.08. The van der Waals surface area contributed by atoms with Crippen molar-refractivity contribution >= 4 is 12.0 Å². The van der Waals surface area contributed by atoms with Crippen molar-refractivity contribution in [3.05, 3.63) is 0 Å². The van der Waals surface area contributed by atoms with Crippen LogP contribution in [-0.4, -0.2) is 42.6 Å². The van der Waals surface area contributed by atoms with Crippen LogP contribution in [0.5, 0.6) is 0 Å². The fourth-order valence-corrected chi connectivity index (χ4v) is 1.09. The molecule has 0 radical (unpaired) electrons. The molecular formula is C7H13N3O3. The Kier molecular flexibility index (Phi) is 3.07. The molecule has 1 atom stereocenters. The van der Waals surface area contributed by atoms with Crippen LogP contribution in [-0.2, 0) is 9.53 Å². The number of rotatable bonds is 3. The van der Waals surface area contributed by atoms with E-state index in [0.717, 1.165) is 6.42 Å². The van der Waals surface area contributed by atoms with Gasteiger partial charge in [-0.2, -0.15) is 0 Å². The van der Waals surface area contributed by atoms with Crippen LogP contribution in [0.1, 0.15) is 6.42 Å². The number of hydrogen-bond donors (Lipinski definition) is 2. The minimum absolute atomic E-state index is 0.133. The quantitative estimate of drug-likeness (QED) is 0.570. The van der Waals surface area contributed by atoms with Gasteiger partial charge < -0.3 is 21.1 Å². The number of nitrogens with two attached hydrogens (primary N) is 2. The molecule has 0 spiro atoms. The fraction of sp³-hybridized carbons (Fsp3) is 0.714. The summed E-state index contributed by atoms with van der Waals surface area (Å²) in [5.41, 5.74) is 10.3. The third kappa shape index (κ3) is 2.59. The van der Waals surface area contributed by atoms with E-state index in [1.165, 1.54) is 4.90 Å². The zero-order valence-electron chi connectivity index (χ0n) is 7.23. The molecule has 4 N–H and O–H groups in total. The summed E-state index contributed by atoms with van der Waals surface area (Å²) in [5.74, 6) is -0.613. The van der Waals surface area contributed by atoms with Gasteiger partial charge in [0.2, 0.25) is 5.91 Å². The molecule has 0 saturated carbocycles. The molecule has 1 unspecified atom stereocenters. The van der Waals surface area contributed by atoms with Gasteiger partial charge in [-0.15, -0.1) is 0 Å². The number of hydrogen-bond acceptors (Lipinski definition) is 4. The van der Waals surface area contributed by atoms with Crippen LogP contribution >= 0.6 is 0 Å². The summed E-state index contributed by atoms with van der Waals surface area (Å²) in [4.78, 5) is 23.0. The molecule has 1 rings (SSSR count). The van der Waals surface area contributed by atoms with E-state index in [9.17, 15) is 9.59 Å². The molecular weight excluding hydrogens is 174 g/mol. The SMILES string of the molecule is NC(=O)C(N)CN1CCCOC1=O. The molecule has 13 heavy (non-hydrogen) atoms. The highest BCUT2D eigenvalue weighted by Gasteiger charge is 2.23. The lowest BCUT2D eigenvalue weighted by Gasteiger charge is -2.27. The monoisotopic (exact) mass is 187 g/mol. The van der Waals surface area contributed by atoms with E-state index in [4.69, 9.17) is 16.2 Å². The number of nitrogens with zero attached hydrogens (tertiary/aromatic N) is 1. The third-order valence-electron chi connectivity index (χ3n) is 1.84. The second kappa shape index (κ2) is 4.08. The topological polar surface area (TPSA) is 98.7 Å². The van der Waals surface area contributed by atoms with Crippen molar-refractivity contribution in [1.82, 2.24) is 4.90 Å². The van der Waals surface area contributed by atoms with Crippen molar-refractivity contribution in [2.24, 2.45) is 11.5 Å². The van der Waals surface area contributed by atoms with Crippen molar-refractivity contribution in [2.45, 2.75) is 12.5 Å². The van der Waals surface area contributed by atoms with Crippen molar-refractivity contribution in [1.29, 1.82) is 0 Å². The summed E-state index contributed by atoms with van der Waals surface area (Å²) in [6.07, 6.45) is 0.333. The van der Waals surface area contributed by atoms with Gasteiger partial charge in [-0.25, -0.2) is 4.79 Å². The Hall–Kier alpha value is -1.30. The van der Waals surface area contributed by atoms with E-state index >= 15 is 0 Å². The van der Waals surface area contributed by atoms with E-state index in [1.807, 2.05) is 0 Å². The Morgan fingerprint density at radius 1 is 1.69 bits per heavy atom. The van der Waals surface area contributed by atoms with Gasteiger partial charge in [0.1, 0.15) is 6.04 Å². The van der Waals surface area contributed by atoms with Gasteiger partial charge in [-0.3, -0.25) is 4.79 Å². The van der Waals surface area contributed by atoms with Gasteiger partial charge in [0.05, 0.1) is 6.61 Å². The van der Waals surface area contributed by atoms with Crippen LogP contribution in [0.2, 0.25) is 0 Å². The smallest absolute Gasteiger partial charge is 0.409 e. The van der Waals surface area contributed by atoms with E-state index in [1.54, 1.807) is 0 Å². The van der Waals surface area contributed by atoms with Crippen molar-refractivity contribution in [3.8, 4) is 0 Å².